The van der Waals surface area contributed by atoms with Crippen LogP contribution in [-0.2, 0) is 11.3 Å². The third kappa shape index (κ3) is 2.61. The first-order valence-electron chi connectivity index (χ1n) is 7.24. The van der Waals surface area contributed by atoms with Crippen molar-refractivity contribution in [3.63, 3.8) is 0 Å². The lowest BCUT2D eigenvalue weighted by Crippen LogP contribution is -2.26. The summed E-state index contributed by atoms with van der Waals surface area (Å²) in [6, 6.07) is 8.28. The van der Waals surface area contributed by atoms with Crippen molar-refractivity contribution in [2.75, 3.05) is 5.32 Å². The van der Waals surface area contributed by atoms with Crippen LogP contribution in [0.15, 0.2) is 24.3 Å². The van der Waals surface area contributed by atoms with Gasteiger partial charge in [-0.1, -0.05) is 31.4 Å². The van der Waals surface area contributed by atoms with Gasteiger partial charge in [0.1, 0.15) is 6.54 Å². The highest BCUT2D eigenvalue weighted by atomic mass is 16.1. The van der Waals surface area contributed by atoms with Gasteiger partial charge >= 0.3 is 0 Å². The third-order valence-corrected chi connectivity index (χ3v) is 3.91. The van der Waals surface area contributed by atoms with E-state index in [4.69, 9.17) is 5.73 Å². The maximum Gasteiger partial charge on any atom is 0.237 e. The summed E-state index contributed by atoms with van der Waals surface area (Å²) < 4.78 is 1.88. The Morgan fingerprint density at radius 1 is 1.30 bits per heavy atom. The highest BCUT2D eigenvalue weighted by molar-refractivity contribution is 5.82. The molecular formula is C15H20N4O. The zero-order valence-electron chi connectivity index (χ0n) is 11.5. The SMILES string of the molecule is NC(=O)Cn1c(NC2CCCCC2)nc2ccccc21. The van der Waals surface area contributed by atoms with Crippen molar-refractivity contribution in [2.24, 2.45) is 5.73 Å². The average Bonchev–Trinajstić information content (AvgIpc) is 2.78. The first-order valence-corrected chi connectivity index (χ1v) is 7.24. The Kier molecular flexibility index (Phi) is 3.58. The Balaban J connectivity index is 1.93. The molecule has 0 aliphatic heterocycles. The molecule has 3 N–H and O–H groups in total. The van der Waals surface area contributed by atoms with Crippen LogP contribution in [-0.4, -0.2) is 21.5 Å². The van der Waals surface area contributed by atoms with Gasteiger partial charge in [0, 0.05) is 6.04 Å². The van der Waals surface area contributed by atoms with Gasteiger partial charge < -0.3 is 15.6 Å². The number of benzene rings is 1. The van der Waals surface area contributed by atoms with E-state index >= 15 is 0 Å². The van der Waals surface area contributed by atoms with Crippen LogP contribution in [0.25, 0.3) is 11.0 Å². The topological polar surface area (TPSA) is 72.9 Å². The maximum absolute atomic E-state index is 11.3. The normalized spacial score (nSPS) is 16.4. The zero-order chi connectivity index (χ0) is 13.9. The number of nitrogens with two attached hydrogens (primary N) is 1. The van der Waals surface area contributed by atoms with E-state index in [0.29, 0.717) is 6.04 Å². The predicted molar refractivity (Wildman–Crippen MR) is 79.4 cm³/mol. The van der Waals surface area contributed by atoms with Crippen LogP contribution in [0.4, 0.5) is 5.95 Å². The Labute approximate surface area is 118 Å². The van der Waals surface area contributed by atoms with E-state index in [1.807, 2.05) is 28.8 Å². The second kappa shape index (κ2) is 5.53. The summed E-state index contributed by atoms with van der Waals surface area (Å²) in [5.41, 5.74) is 7.21. The Morgan fingerprint density at radius 3 is 2.80 bits per heavy atom. The molecule has 1 saturated carbocycles. The highest BCUT2D eigenvalue weighted by Gasteiger charge is 2.18. The van der Waals surface area contributed by atoms with Gasteiger partial charge in [-0.05, 0) is 25.0 Å². The van der Waals surface area contributed by atoms with E-state index in [0.717, 1.165) is 17.0 Å². The molecule has 0 bridgehead atoms. The van der Waals surface area contributed by atoms with Crippen LogP contribution in [0, 0.1) is 0 Å². The van der Waals surface area contributed by atoms with Crippen LogP contribution < -0.4 is 11.1 Å². The molecule has 20 heavy (non-hydrogen) atoms. The van der Waals surface area contributed by atoms with Crippen LogP contribution in [0.1, 0.15) is 32.1 Å². The molecule has 106 valence electrons. The van der Waals surface area contributed by atoms with E-state index in [9.17, 15) is 4.79 Å². The number of rotatable bonds is 4. The number of para-hydroxylation sites is 2. The number of nitrogens with zero attached hydrogens (tertiary/aromatic N) is 2. The van der Waals surface area contributed by atoms with Crippen LogP contribution in [0.2, 0.25) is 0 Å². The minimum Gasteiger partial charge on any atom is -0.368 e. The molecule has 1 heterocycles. The number of fused-ring (bicyclic) bond motifs is 1. The standard InChI is InChI=1S/C15H20N4O/c16-14(20)10-19-13-9-5-4-8-12(13)18-15(19)17-11-6-2-1-3-7-11/h4-5,8-9,11H,1-3,6-7,10H2,(H2,16,20)(H,17,18). The van der Waals surface area contributed by atoms with Gasteiger partial charge in [-0.3, -0.25) is 4.79 Å². The summed E-state index contributed by atoms with van der Waals surface area (Å²) in [5, 5.41) is 3.49. The monoisotopic (exact) mass is 272 g/mol. The number of nitrogens with one attached hydrogen (secondary N) is 1. The minimum atomic E-state index is -0.347. The van der Waals surface area contributed by atoms with Crippen molar-refractivity contribution < 1.29 is 4.79 Å². The van der Waals surface area contributed by atoms with Crippen molar-refractivity contribution in [3.8, 4) is 0 Å². The second-order valence-electron chi connectivity index (χ2n) is 5.46. The van der Waals surface area contributed by atoms with E-state index in [2.05, 4.69) is 10.3 Å². The number of primary amides is 1. The van der Waals surface area contributed by atoms with Gasteiger partial charge in [0.2, 0.25) is 11.9 Å². The molecule has 3 rings (SSSR count). The fourth-order valence-corrected chi connectivity index (χ4v) is 2.93. The summed E-state index contributed by atoms with van der Waals surface area (Å²) in [6.07, 6.45) is 6.16. The van der Waals surface area contributed by atoms with Gasteiger partial charge in [-0.25, -0.2) is 4.98 Å². The van der Waals surface area contributed by atoms with Crippen molar-refractivity contribution in [3.05, 3.63) is 24.3 Å². The van der Waals surface area contributed by atoms with Gasteiger partial charge in [0.15, 0.2) is 0 Å². The molecule has 1 aromatic carbocycles. The van der Waals surface area contributed by atoms with Crippen molar-refractivity contribution in [1.29, 1.82) is 0 Å². The third-order valence-electron chi connectivity index (χ3n) is 3.91. The maximum atomic E-state index is 11.3. The fraction of sp³-hybridized carbons (Fsp3) is 0.467. The summed E-state index contributed by atoms with van der Waals surface area (Å²) in [5.74, 6) is 0.414. The number of hydrogen-bond donors (Lipinski definition) is 2. The van der Waals surface area contributed by atoms with Crippen molar-refractivity contribution in [1.82, 2.24) is 9.55 Å². The van der Waals surface area contributed by atoms with Crippen LogP contribution in [0.5, 0.6) is 0 Å². The molecular weight excluding hydrogens is 252 g/mol. The van der Waals surface area contributed by atoms with Crippen LogP contribution in [0.3, 0.4) is 0 Å². The molecule has 1 aliphatic rings. The molecule has 1 aromatic heterocycles. The number of imidazole rings is 1. The molecule has 0 unspecified atom stereocenters. The zero-order valence-corrected chi connectivity index (χ0v) is 11.5. The summed E-state index contributed by atoms with van der Waals surface area (Å²) in [4.78, 5) is 15.9. The molecule has 0 saturated heterocycles. The summed E-state index contributed by atoms with van der Waals surface area (Å²) in [7, 11) is 0. The van der Waals surface area contributed by atoms with Gasteiger partial charge in [0.25, 0.3) is 0 Å². The molecule has 0 radical (unpaired) electrons. The molecule has 2 aromatic rings. The first kappa shape index (κ1) is 13.0. The van der Waals surface area contributed by atoms with E-state index in [-0.39, 0.29) is 12.5 Å². The number of aromatic nitrogens is 2. The molecule has 1 aliphatic carbocycles. The second-order valence-corrected chi connectivity index (χ2v) is 5.46. The Morgan fingerprint density at radius 2 is 2.05 bits per heavy atom. The largest absolute Gasteiger partial charge is 0.368 e. The number of anilines is 1. The Hall–Kier alpha value is -2.04. The van der Waals surface area contributed by atoms with Gasteiger partial charge in [-0.2, -0.15) is 0 Å². The highest BCUT2D eigenvalue weighted by Crippen LogP contribution is 2.24. The summed E-state index contributed by atoms with van der Waals surface area (Å²) in [6.45, 7) is 0.162. The average molecular weight is 272 g/mol. The number of hydrogen-bond acceptors (Lipinski definition) is 3. The quantitative estimate of drug-likeness (QED) is 0.896. The van der Waals surface area contributed by atoms with Crippen molar-refractivity contribution >= 4 is 22.9 Å². The van der Waals surface area contributed by atoms with E-state index in [1.165, 1.54) is 32.1 Å². The number of carbonyl (C=O) groups excluding carboxylic acids is 1. The molecule has 0 atom stereocenters. The predicted octanol–water partition coefficient (Wildman–Crippen LogP) is 2.27. The Bertz CT molecular complexity index is 613. The first-order chi connectivity index (χ1) is 9.74. The number of amides is 1. The molecule has 5 nitrogen and oxygen atoms in total. The molecule has 1 fully saturated rings. The van der Waals surface area contributed by atoms with Gasteiger partial charge in [-0.15, -0.1) is 0 Å². The molecule has 1 amide bonds. The molecule has 0 spiro atoms. The lowest BCUT2D eigenvalue weighted by atomic mass is 9.96. The van der Waals surface area contributed by atoms with Crippen molar-refractivity contribution in [2.45, 2.75) is 44.7 Å². The van der Waals surface area contributed by atoms with E-state index < -0.39 is 0 Å². The van der Waals surface area contributed by atoms with E-state index in [1.54, 1.807) is 0 Å². The van der Waals surface area contributed by atoms with Gasteiger partial charge in [0.05, 0.1) is 11.0 Å². The number of carbonyl (C=O) groups is 1. The summed E-state index contributed by atoms with van der Waals surface area (Å²) >= 11 is 0. The van der Waals surface area contributed by atoms with Crippen LogP contribution >= 0.6 is 0 Å². The molecule has 5 heteroatoms. The smallest absolute Gasteiger partial charge is 0.237 e. The minimum absolute atomic E-state index is 0.162. The fourth-order valence-electron chi connectivity index (χ4n) is 2.93. The lowest BCUT2D eigenvalue weighted by molar-refractivity contribution is -0.118. The lowest BCUT2D eigenvalue weighted by Gasteiger charge is -2.23.